The van der Waals surface area contributed by atoms with E-state index in [0.717, 1.165) is 103 Å². The molecule has 0 heterocycles. The molecule has 0 aromatic carbocycles. The highest BCUT2D eigenvalue weighted by Crippen LogP contribution is 2.43. The van der Waals surface area contributed by atoms with Gasteiger partial charge in [0.25, 0.3) is 0 Å². The number of hydrogen-bond donors (Lipinski definition) is 3. The van der Waals surface area contributed by atoms with Crippen LogP contribution in [0.4, 0.5) is 0 Å². The van der Waals surface area contributed by atoms with Crippen molar-refractivity contribution in [2.75, 3.05) is 40.9 Å². The maximum Gasteiger partial charge on any atom is 0.472 e. The zero-order chi connectivity index (χ0) is 45.7. The number of allylic oxidation sites excluding steroid dienone is 23. The van der Waals surface area contributed by atoms with Crippen LogP contribution in [0.2, 0.25) is 0 Å². The van der Waals surface area contributed by atoms with Gasteiger partial charge in [0.2, 0.25) is 5.91 Å². The molecule has 0 bridgehead atoms. The number of quaternary nitrogens is 1. The molecule has 9 heteroatoms. The Morgan fingerprint density at radius 1 is 0.581 bits per heavy atom. The highest BCUT2D eigenvalue weighted by atomic mass is 31.2. The first-order chi connectivity index (χ1) is 30.0. The average Bonchev–Trinajstić information content (AvgIpc) is 3.23. The van der Waals surface area contributed by atoms with E-state index in [-0.39, 0.29) is 19.1 Å². The third-order valence-electron chi connectivity index (χ3n) is 9.12. The van der Waals surface area contributed by atoms with E-state index in [0.29, 0.717) is 23.9 Å². The quantitative estimate of drug-likeness (QED) is 0.0246. The van der Waals surface area contributed by atoms with Crippen LogP contribution >= 0.6 is 7.82 Å². The summed E-state index contributed by atoms with van der Waals surface area (Å²) in [6.07, 6.45) is 66.8. The molecule has 0 fully saturated rings. The van der Waals surface area contributed by atoms with E-state index in [1.807, 2.05) is 40.2 Å². The number of amides is 1. The lowest BCUT2D eigenvalue weighted by atomic mass is 10.1. The number of rotatable bonds is 39. The van der Waals surface area contributed by atoms with Crippen molar-refractivity contribution in [2.45, 2.75) is 142 Å². The Hall–Kier alpha value is -3.62. The van der Waals surface area contributed by atoms with E-state index in [4.69, 9.17) is 9.05 Å². The molecule has 62 heavy (non-hydrogen) atoms. The van der Waals surface area contributed by atoms with Gasteiger partial charge in [-0.05, 0) is 110 Å². The molecule has 0 aliphatic carbocycles. The fourth-order valence-electron chi connectivity index (χ4n) is 5.48. The number of aliphatic hydroxyl groups excluding tert-OH is 1. The lowest BCUT2D eigenvalue weighted by Crippen LogP contribution is -2.45. The summed E-state index contributed by atoms with van der Waals surface area (Å²) in [5, 5.41) is 13.7. The van der Waals surface area contributed by atoms with Gasteiger partial charge in [-0.1, -0.05) is 159 Å². The lowest BCUT2D eigenvalue weighted by molar-refractivity contribution is -0.870. The van der Waals surface area contributed by atoms with Gasteiger partial charge in [0, 0.05) is 6.42 Å². The van der Waals surface area contributed by atoms with Crippen molar-refractivity contribution >= 4 is 13.7 Å². The molecule has 0 aromatic heterocycles. The van der Waals surface area contributed by atoms with Crippen LogP contribution in [-0.2, 0) is 18.4 Å². The molecule has 3 unspecified atom stereocenters. The second-order valence-electron chi connectivity index (χ2n) is 16.0. The number of nitrogens with one attached hydrogen (secondary N) is 1. The number of phosphoric acid groups is 1. The largest absolute Gasteiger partial charge is 0.472 e. The second kappa shape index (κ2) is 42.7. The summed E-state index contributed by atoms with van der Waals surface area (Å²) in [5.41, 5.74) is 0. The van der Waals surface area contributed by atoms with E-state index >= 15 is 0 Å². The first-order valence-electron chi connectivity index (χ1n) is 23.2. The van der Waals surface area contributed by atoms with Crippen molar-refractivity contribution < 1.29 is 32.9 Å². The molecule has 0 aliphatic heterocycles. The van der Waals surface area contributed by atoms with Crippen LogP contribution in [0.3, 0.4) is 0 Å². The molecule has 0 saturated heterocycles. The van der Waals surface area contributed by atoms with Crippen molar-refractivity contribution in [1.82, 2.24) is 5.32 Å². The molecule has 0 saturated carbocycles. The van der Waals surface area contributed by atoms with Crippen LogP contribution < -0.4 is 5.32 Å². The molecule has 0 radical (unpaired) electrons. The Morgan fingerprint density at radius 2 is 1.00 bits per heavy atom. The zero-order valence-electron chi connectivity index (χ0n) is 39.3. The summed E-state index contributed by atoms with van der Waals surface area (Å²) in [7, 11) is 1.49. The van der Waals surface area contributed by atoms with Crippen LogP contribution in [0.1, 0.15) is 129 Å². The van der Waals surface area contributed by atoms with E-state index < -0.39 is 20.0 Å². The van der Waals surface area contributed by atoms with E-state index in [9.17, 15) is 19.4 Å². The van der Waals surface area contributed by atoms with E-state index in [2.05, 4.69) is 140 Å². The minimum absolute atomic E-state index is 0.0370. The number of carbonyl (C=O) groups is 1. The van der Waals surface area contributed by atoms with Crippen LogP contribution in [0.15, 0.2) is 146 Å². The topological polar surface area (TPSA) is 105 Å². The van der Waals surface area contributed by atoms with Gasteiger partial charge in [0.1, 0.15) is 13.2 Å². The summed E-state index contributed by atoms with van der Waals surface area (Å²) in [4.78, 5) is 23.0. The van der Waals surface area contributed by atoms with Gasteiger partial charge < -0.3 is 19.8 Å². The molecule has 348 valence electrons. The number of likely N-dealkylation sites (N-methyl/N-ethyl adjacent to an activating group) is 1. The monoisotopic (exact) mass is 878 g/mol. The third-order valence-corrected chi connectivity index (χ3v) is 10.1. The predicted molar refractivity (Wildman–Crippen MR) is 267 cm³/mol. The van der Waals surface area contributed by atoms with Crippen LogP contribution in [0.5, 0.6) is 0 Å². The number of unbranched alkanes of at least 4 members (excludes halogenated alkanes) is 5. The van der Waals surface area contributed by atoms with Gasteiger partial charge in [0.15, 0.2) is 0 Å². The molecular formula is C53H86N2O6P+. The van der Waals surface area contributed by atoms with Gasteiger partial charge in [-0.15, -0.1) is 0 Å². The SMILES string of the molecule is C/C=C/CC/C=C/CC/C=C/C(O)C(COP(=O)(O)OCC[N+](C)(C)C)NC(=O)CCCCC/C=C\C/C=C\C/C=C\C/C=C\C/C=C\C/C=C\C/C=C\C/C=C\C/C=C\CC. The van der Waals surface area contributed by atoms with Crippen LogP contribution in [0, 0.1) is 0 Å². The summed E-state index contributed by atoms with van der Waals surface area (Å²) in [6, 6.07) is -0.897. The fourth-order valence-corrected chi connectivity index (χ4v) is 6.22. The van der Waals surface area contributed by atoms with Crippen molar-refractivity contribution in [3.8, 4) is 0 Å². The Morgan fingerprint density at radius 3 is 1.45 bits per heavy atom. The van der Waals surface area contributed by atoms with Crippen molar-refractivity contribution in [3.05, 3.63) is 146 Å². The second-order valence-corrected chi connectivity index (χ2v) is 17.5. The molecule has 0 aromatic rings. The van der Waals surface area contributed by atoms with E-state index in [1.54, 1.807) is 6.08 Å². The number of aliphatic hydroxyl groups is 1. The highest BCUT2D eigenvalue weighted by molar-refractivity contribution is 7.47. The number of hydrogen-bond acceptors (Lipinski definition) is 5. The Labute approximate surface area is 378 Å². The molecule has 1 amide bonds. The summed E-state index contributed by atoms with van der Waals surface area (Å²) < 4.78 is 23.4. The molecule has 8 nitrogen and oxygen atoms in total. The number of phosphoric ester groups is 1. The van der Waals surface area contributed by atoms with Crippen LogP contribution in [0.25, 0.3) is 0 Å². The maximum atomic E-state index is 12.8. The Bertz CT molecular complexity index is 1510. The van der Waals surface area contributed by atoms with Gasteiger partial charge >= 0.3 is 7.82 Å². The predicted octanol–water partition coefficient (Wildman–Crippen LogP) is 13.4. The molecule has 3 atom stereocenters. The fraction of sp³-hybridized carbons (Fsp3) is 0.528. The summed E-state index contributed by atoms with van der Waals surface area (Å²) in [5.74, 6) is -0.235. The van der Waals surface area contributed by atoms with Gasteiger partial charge in [-0.2, -0.15) is 0 Å². The first-order valence-corrected chi connectivity index (χ1v) is 24.7. The Balaban J connectivity index is 4.33. The normalized spacial score (nSPS) is 15.5. The summed E-state index contributed by atoms with van der Waals surface area (Å²) >= 11 is 0. The van der Waals surface area contributed by atoms with Gasteiger partial charge in [-0.25, -0.2) is 4.57 Å². The highest BCUT2D eigenvalue weighted by Gasteiger charge is 2.27. The maximum absolute atomic E-state index is 12.8. The summed E-state index contributed by atoms with van der Waals surface area (Å²) in [6.45, 7) is 4.36. The zero-order valence-corrected chi connectivity index (χ0v) is 40.2. The molecule has 0 aliphatic rings. The number of carbonyl (C=O) groups excluding carboxylic acids is 1. The molecule has 0 spiro atoms. The van der Waals surface area contributed by atoms with Crippen molar-refractivity contribution in [3.63, 3.8) is 0 Å². The molecule has 3 N–H and O–H groups in total. The van der Waals surface area contributed by atoms with Crippen molar-refractivity contribution in [1.29, 1.82) is 0 Å². The average molecular weight is 878 g/mol. The van der Waals surface area contributed by atoms with E-state index in [1.165, 1.54) is 0 Å². The third kappa shape index (κ3) is 44.4. The smallest absolute Gasteiger partial charge is 0.387 e. The van der Waals surface area contributed by atoms with Gasteiger partial charge in [-0.3, -0.25) is 13.8 Å². The number of nitrogens with zero attached hydrogens (tertiary/aromatic N) is 1. The molecular weight excluding hydrogens is 792 g/mol. The first kappa shape index (κ1) is 58.4. The standard InChI is InChI=1S/C53H85N2O6P/c1-6-8-10-12-14-16-17-18-19-20-21-22-23-24-25-26-27-28-29-30-31-32-33-34-35-36-37-39-41-43-45-47-53(57)54-51(50-61-62(58,59)60-49-48-55(3,4)5)52(56)46-44-42-40-38-15-13-11-9-7-2/h7-10,14-16,18-19,21-22,24-25,27-28,30-31,33-34,36-38,44,46,51-52,56H,6,11-13,17,20,23,26,29,32,35,39-43,45,47-50H2,1-5H3,(H-,54,57,58,59)/p+1/b9-7+,10-8-,16-14-,19-18-,22-21-,25-24-,28-27-,31-30-,34-33-,37-36-,38-15+,46-44+. The van der Waals surface area contributed by atoms with Crippen molar-refractivity contribution in [2.24, 2.45) is 0 Å². The minimum Gasteiger partial charge on any atom is -0.387 e. The lowest BCUT2D eigenvalue weighted by Gasteiger charge is -2.25. The van der Waals surface area contributed by atoms with Crippen LogP contribution in [-0.4, -0.2) is 73.4 Å². The minimum atomic E-state index is -4.37. The van der Waals surface area contributed by atoms with Gasteiger partial charge in [0.05, 0.1) is 39.9 Å². The Kier molecular flexibility index (Phi) is 40.2. The molecule has 0 rings (SSSR count).